The van der Waals surface area contributed by atoms with Gasteiger partial charge in [-0.1, -0.05) is 17.7 Å². The first kappa shape index (κ1) is 15.0. The van der Waals surface area contributed by atoms with Crippen LogP contribution in [0.2, 0.25) is 5.02 Å². The molecule has 0 aromatic carbocycles. The molecule has 0 fully saturated rings. The van der Waals surface area contributed by atoms with Crippen molar-refractivity contribution < 1.29 is 0 Å². The topological polar surface area (TPSA) is 112 Å². The number of aromatic nitrogens is 3. The Kier molecular flexibility index (Phi) is 4.89. The summed E-state index contributed by atoms with van der Waals surface area (Å²) < 4.78 is 0. The van der Waals surface area contributed by atoms with E-state index >= 15 is 0 Å². The van der Waals surface area contributed by atoms with E-state index in [1.807, 2.05) is 12.1 Å². The maximum Gasteiger partial charge on any atom is 0.271 e. The third-order valence-electron chi connectivity index (χ3n) is 2.82. The number of nitrogens with one attached hydrogen (secondary N) is 2. The summed E-state index contributed by atoms with van der Waals surface area (Å²) in [5.41, 5.74) is 5.94. The normalized spacial score (nSPS) is 10.3. The smallest absolute Gasteiger partial charge is 0.271 e. The number of nitrogens with zero attached hydrogens (tertiary/aromatic N) is 3. The first-order valence-corrected chi connectivity index (χ1v) is 6.65. The average Bonchev–Trinajstić information content (AvgIpc) is 2.47. The molecular weight excluding hydrogens is 292 g/mol. The van der Waals surface area contributed by atoms with Gasteiger partial charge in [0.1, 0.15) is 5.02 Å². The monoisotopic (exact) mass is 306 g/mol. The molecule has 0 amide bonds. The number of aromatic amines is 1. The molecule has 0 aliphatic carbocycles. The molecule has 0 aliphatic heterocycles. The number of hydrogen-bond donors (Lipinski definition) is 3. The number of anilines is 1. The van der Waals surface area contributed by atoms with Crippen LogP contribution in [0.25, 0.3) is 0 Å². The van der Waals surface area contributed by atoms with Gasteiger partial charge in [-0.2, -0.15) is 0 Å². The van der Waals surface area contributed by atoms with E-state index in [0.717, 1.165) is 5.56 Å². The van der Waals surface area contributed by atoms with Gasteiger partial charge in [0.2, 0.25) is 0 Å². The number of hydrogen-bond acceptors (Lipinski definition) is 5. The van der Waals surface area contributed by atoms with E-state index in [1.165, 1.54) is 6.33 Å². The second-order valence-corrected chi connectivity index (χ2v) is 4.81. The SMILES string of the molecule is N=C(N)CCN(Cc1cccnc1)c1nc[nH]c(=O)c1Cl. The van der Waals surface area contributed by atoms with Crippen molar-refractivity contribution in [2.75, 3.05) is 11.4 Å². The molecule has 2 aromatic heterocycles. The molecule has 2 rings (SSSR count). The van der Waals surface area contributed by atoms with E-state index in [0.29, 0.717) is 25.3 Å². The van der Waals surface area contributed by atoms with Crippen LogP contribution < -0.4 is 16.2 Å². The van der Waals surface area contributed by atoms with Crippen molar-refractivity contribution in [3.63, 3.8) is 0 Å². The van der Waals surface area contributed by atoms with Crippen LogP contribution in [0.4, 0.5) is 5.82 Å². The summed E-state index contributed by atoms with van der Waals surface area (Å²) in [5, 5.41) is 7.36. The Bertz CT molecular complexity index is 672. The van der Waals surface area contributed by atoms with E-state index in [-0.39, 0.29) is 10.9 Å². The number of halogens is 1. The Morgan fingerprint density at radius 1 is 1.52 bits per heavy atom. The maximum absolute atomic E-state index is 11.6. The lowest BCUT2D eigenvalue weighted by atomic mass is 10.2. The Labute approximate surface area is 126 Å². The first-order chi connectivity index (χ1) is 10.1. The largest absolute Gasteiger partial charge is 0.388 e. The molecule has 0 spiro atoms. The first-order valence-electron chi connectivity index (χ1n) is 6.28. The van der Waals surface area contributed by atoms with Crippen molar-refractivity contribution in [3.05, 3.63) is 51.8 Å². The van der Waals surface area contributed by atoms with Crippen LogP contribution >= 0.6 is 11.6 Å². The van der Waals surface area contributed by atoms with Crippen LogP contribution in [0.5, 0.6) is 0 Å². The fourth-order valence-electron chi connectivity index (χ4n) is 1.82. The summed E-state index contributed by atoms with van der Waals surface area (Å²) in [4.78, 5) is 24.0. The molecule has 2 aromatic rings. The molecule has 8 heteroatoms. The molecule has 2 heterocycles. The summed E-state index contributed by atoms with van der Waals surface area (Å²) >= 11 is 6.02. The van der Waals surface area contributed by atoms with E-state index in [1.54, 1.807) is 17.3 Å². The Hall–Kier alpha value is -2.41. The van der Waals surface area contributed by atoms with Crippen LogP contribution in [0.15, 0.2) is 35.6 Å². The number of H-pyrrole nitrogens is 1. The lowest BCUT2D eigenvalue weighted by Crippen LogP contribution is -2.30. The highest BCUT2D eigenvalue weighted by atomic mass is 35.5. The minimum atomic E-state index is -0.402. The van der Waals surface area contributed by atoms with Gasteiger partial charge in [0.05, 0.1) is 12.2 Å². The van der Waals surface area contributed by atoms with E-state index < -0.39 is 5.56 Å². The number of rotatable bonds is 6. The average molecular weight is 307 g/mol. The van der Waals surface area contributed by atoms with Gasteiger partial charge in [-0.25, -0.2) is 4.98 Å². The van der Waals surface area contributed by atoms with Crippen LogP contribution in [0, 0.1) is 5.41 Å². The summed E-state index contributed by atoms with van der Waals surface area (Å²) in [6.45, 7) is 0.900. The van der Waals surface area contributed by atoms with Gasteiger partial charge >= 0.3 is 0 Å². The summed E-state index contributed by atoms with van der Waals surface area (Å²) in [6.07, 6.45) is 5.06. The summed E-state index contributed by atoms with van der Waals surface area (Å²) in [6, 6.07) is 3.74. The van der Waals surface area contributed by atoms with Crippen LogP contribution in [-0.4, -0.2) is 27.3 Å². The Balaban J connectivity index is 2.29. The van der Waals surface area contributed by atoms with Gasteiger partial charge in [-0.05, 0) is 11.6 Å². The standard InChI is InChI=1S/C13H15ClN6O/c14-11-12(18-8-19-13(11)21)20(5-3-10(15)16)7-9-2-1-4-17-6-9/h1-2,4,6,8H,3,5,7H2,(H3,15,16)(H,18,19,21). The molecule has 4 N–H and O–H groups in total. The fraction of sp³-hybridized carbons (Fsp3) is 0.231. The Morgan fingerprint density at radius 2 is 2.33 bits per heavy atom. The summed E-state index contributed by atoms with van der Waals surface area (Å²) in [7, 11) is 0. The zero-order chi connectivity index (χ0) is 15.2. The van der Waals surface area contributed by atoms with Crippen molar-refractivity contribution in [3.8, 4) is 0 Å². The lowest BCUT2D eigenvalue weighted by Gasteiger charge is -2.24. The van der Waals surface area contributed by atoms with Crippen LogP contribution in [0.3, 0.4) is 0 Å². The molecular formula is C13H15ClN6O. The van der Waals surface area contributed by atoms with Crippen molar-refractivity contribution >= 4 is 23.3 Å². The van der Waals surface area contributed by atoms with E-state index in [2.05, 4.69) is 15.0 Å². The van der Waals surface area contributed by atoms with E-state index in [4.69, 9.17) is 22.7 Å². The third kappa shape index (κ3) is 4.03. The van der Waals surface area contributed by atoms with Crippen molar-refractivity contribution in [2.24, 2.45) is 5.73 Å². The van der Waals surface area contributed by atoms with Crippen LogP contribution in [-0.2, 0) is 6.54 Å². The quantitative estimate of drug-likeness (QED) is 0.547. The second-order valence-electron chi connectivity index (χ2n) is 4.43. The van der Waals surface area contributed by atoms with Gasteiger partial charge < -0.3 is 15.6 Å². The van der Waals surface area contributed by atoms with Crippen LogP contribution in [0.1, 0.15) is 12.0 Å². The third-order valence-corrected chi connectivity index (χ3v) is 3.17. The van der Waals surface area contributed by atoms with E-state index in [9.17, 15) is 4.79 Å². The van der Waals surface area contributed by atoms with Crippen molar-refractivity contribution in [2.45, 2.75) is 13.0 Å². The van der Waals surface area contributed by atoms with Gasteiger partial charge in [-0.3, -0.25) is 15.2 Å². The highest BCUT2D eigenvalue weighted by Crippen LogP contribution is 2.20. The van der Waals surface area contributed by atoms with Gasteiger partial charge in [0.15, 0.2) is 5.82 Å². The zero-order valence-electron chi connectivity index (χ0n) is 11.2. The van der Waals surface area contributed by atoms with Gasteiger partial charge in [0.25, 0.3) is 5.56 Å². The van der Waals surface area contributed by atoms with Gasteiger partial charge in [-0.15, -0.1) is 0 Å². The molecule has 0 aliphatic rings. The maximum atomic E-state index is 11.6. The highest BCUT2D eigenvalue weighted by molar-refractivity contribution is 6.32. The highest BCUT2D eigenvalue weighted by Gasteiger charge is 2.15. The number of pyridine rings is 1. The predicted molar refractivity (Wildman–Crippen MR) is 81.7 cm³/mol. The zero-order valence-corrected chi connectivity index (χ0v) is 12.0. The minimum Gasteiger partial charge on any atom is -0.388 e. The molecule has 0 atom stereocenters. The molecule has 0 saturated carbocycles. The molecule has 0 radical (unpaired) electrons. The number of amidine groups is 1. The molecule has 0 saturated heterocycles. The molecule has 7 nitrogen and oxygen atoms in total. The molecule has 21 heavy (non-hydrogen) atoms. The predicted octanol–water partition coefficient (Wildman–Crippen LogP) is 1.15. The summed E-state index contributed by atoms with van der Waals surface area (Å²) in [5.74, 6) is 0.428. The lowest BCUT2D eigenvalue weighted by molar-refractivity contribution is 0.779. The molecule has 110 valence electrons. The Morgan fingerprint density at radius 3 is 3.00 bits per heavy atom. The van der Waals surface area contributed by atoms with Crippen molar-refractivity contribution in [1.82, 2.24) is 15.0 Å². The van der Waals surface area contributed by atoms with Crippen molar-refractivity contribution in [1.29, 1.82) is 5.41 Å². The second kappa shape index (κ2) is 6.85. The fourth-order valence-corrected chi connectivity index (χ4v) is 2.04. The minimum absolute atomic E-state index is 0.0185. The number of nitrogens with two attached hydrogens (primary N) is 1. The van der Waals surface area contributed by atoms with Gasteiger partial charge in [0, 0.05) is 31.9 Å². The molecule has 0 unspecified atom stereocenters. The molecule has 0 bridgehead atoms.